The van der Waals surface area contributed by atoms with Gasteiger partial charge in [0, 0.05) is 30.3 Å². The molecule has 0 saturated carbocycles. The molecule has 98 valence electrons. The maximum absolute atomic E-state index is 9.23. The molecule has 19 heavy (non-hydrogen) atoms. The Morgan fingerprint density at radius 2 is 2.11 bits per heavy atom. The maximum Gasteiger partial charge on any atom is 0.194 e. The highest BCUT2D eigenvalue weighted by molar-refractivity contribution is 7.17. The fourth-order valence-corrected chi connectivity index (χ4v) is 3.38. The van der Waals surface area contributed by atoms with Gasteiger partial charge in [0.2, 0.25) is 0 Å². The molecule has 0 radical (unpaired) electrons. The number of aliphatic hydroxyl groups excluding tert-OH is 1. The smallest absolute Gasteiger partial charge is 0.194 e. The Morgan fingerprint density at radius 1 is 1.26 bits per heavy atom. The van der Waals surface area contributed by atoms with E-state index in [9.17, 15) is 5.11 Å². The number of thiazole rings is 1. The third kappa shape index (κ3) is 2.07. The summed E-state index contributed by atoms with van der Waals surface area (Å²) < 4.78 is 2.11. The van der Waals surface area contributed by atoms with Crippen molar-refractivity contribution in [2.75, 3.05) is 6.61 Å². The van der Waals surface area contributed by atoms with E-state index in [0.29, 0.717) is 6.42 Å². The van der Waals surface area contributed by atoms with Gasteiger partial charge in [-0.05, 0) is 36.6 Å². The van der Waals surface area contributed by atoms with Crippen LogP contribution in [0.4, 0.5) is 0 Å². The van der Waals surface area contributed by atoms with E-state index in [2.05, 4.69) is 41.4 Å². The molecule has 0 aliphatic heterocycles. The van der Waals surface area contributed by atoms with Crippen LogP contribution in [0.1, 0.15) is 16.0 Å². The number of imidazole rings is 1. The molecule has 0 aliphatic carbocycles. The van der Waals surface area contributed by atoms with Crippen LogP contribution in [0, 0.1) is 13.8 Å². The standard InChI is InChI=1S/C15H16N2OS/c1-10-3-4-12(9-11(10)2)14-13(5-8-18)19-15-16-6-7-17(14)15/h3-4,6-7,9,18H,5,8H2,1-2H3. The number of benzene rings is 1. The second-order valence-corrected chi connectivity index (χ2v) is 5.79. The Hall–Kier alpha value is -1.65. The maximum atomic E-state index is 9.23. The van der Waals surface area contributed by atoms with Crippen LogP contribution < -0.4 is 0 Å². The third-order valence-electron chi connectivity index (χ3n) is 3.45. The molecular weight excluding hydrogens is 256 g/mol. The van der Waals surface area contributed by atoms with E-state index < -0.39 is 0 Å². The number of fused-ring (bicyclic) bond motifs is 1. The van der Waals surface area contributed by atoms with Gasteiger partial charge in [0.15, 0.2) is 4.96 Å². The average molecular weight is 272 g/mol. The molecule has 0 atom stereocenters. The lowest BCUT2D eigenvalue weighted by atomic mass is 10.0. The monoisotopic (exact) mass is 272 g/mol. The molecule has 0 amide bonds. The SMILES string of the molecule is Cc1ccc(-c2c(CCO)sc3nccn23)cc1C. The molecule has 0 spiro atoms. The van der Waals surface area contributed by atoms with Crippen LogP contribution in [0.3, 0.4) is 0 Å². The number of nitrogens with zero attached hydrogens (tertiary/aromatic N) is 2. The van der Waals surface area contributed by atoms with E-state index in [1.165, 1.54) is 21.6 Å². The zero-order chi connectivity index (χ0) is 13.4. The molecule has 3 aromatic rings. The average Bonchev–Trinajstić information content (AvgIpc) is 2.93. The van der Waals surface area contributed by atoms with E-state index in [0.717, 1.165) is 10.7 Å². The van der Waals surface area contributed by atoms with E-state index in [4.69, 9.17) is 0 Å². The fraction of sp³-hybridized carbons (Fsp3) is 0.267. The van der Waals surface area contributed by atoms with Crippen LogP contribution in [-0.4, -0.2) is 21.1 Å². The molecule has 0 saturated heterocycles. The zero-order valence-corrected chi connectivity index (χ0v) is 11.9. The Balaban J connectivity index is 2.23. The van der Waals surface area contributed by atoms with Gasteiger partial charge in [-0.2, -0.15) is 0 Å². The molecule has 0 unspecified atom stereocenters. The van der Waals surface area contributed by atoms with Crippen LogP contribution in [0.5, 0.6) is 0 Å². The highest BCUT2D eigenvalue weighted by Crippen LogP contribution is 2.32. The molecule has 2 aromatic heterocycles. The van der Waals surface area contributed by atoms with Gasteiger partial charge >= 0.3 is 0 Å². The number of aliphatic hydroxyl groups is 1. The van der Waals surface area contributed by atoms with Crippen LogP contribution in [0.2, 0.25) is 0 Å². The highest BCUT2D eigenvalue weighted by Gasteiger charge is 2.14. The van der Waals surface area contributed by atoms with Gasteiger partial charge in [0.25, 0.3) is 0 Å². The van der Waals surface area contributed by atoms with Crippen molar-refractivity contribution in [2.24, 2.45) is 0 Å². The highest BCUT2D eigenvalue weighted by atomic mass is 32.1. The quantitative estimate of drug-likeness (QED) is 0.795. The van der Waals surface area contributed by atoms with Gasteiger partial charge in [-0.3, -0.25) is 4.40 Å². The molecule has 0 fully saturated rings. The molecule has 3 rings (SSSR count). The van der Waals surface area contributed by atoms with Crippen LogP contribution >= 0.6 is 11.3 Å². The Kier molecular flexibility index (Phi) is 3.12. The first-order valence-corrected chi connectivity index (χ1v) is 7.15. The summed E-state index contributed by atoms with van der Waals surface area (Å²) >= 11 is 1.65. The van der Waals surface area contributed by atoms with E-state index in [-0.39, 0.29) is 6.61 Å². The first-order chi connectivity index (χ1) is 9.20. The van der Waals surface area contributed by atoms with E-state index in [1.807, 2.05) is 12.4 Å². The van der Waals surface area contributed by atoms with Gasteiger partial charge in [-0.15, -0.1) is 11.3 Å². The Bertz CT molecular complexity index is 727. The second kappa shape index (κ2) is 4.79. The number of rotatable bonds is 3. The van der Waals surface area contributed by atoms with Crippen LogP contribution in [0.15, 0.2) is 30.6 Å². The molecule has 2 heterocycles. The lowest BCUT2D eigenvalue weighted by Gasteiger charge is -2.07. The topological polar surface area (TPSA) is 37.5 Å². The normalized spacial score (nSPS) is 11.3. The molecule has 1 N–H and O–H groups in total. The summed E-state index contributed by atoms with van der Waals surface area (Å²) in [5, 5.41) is 9.23. The number of aryl methyl sites for hydroxylation is 2. The van der Waals surface area contributed by atoms with E-state index in [1.54, 1.807) is 11.3 Å². The largest absolute Gasteiger partial charge is 0.396 e. The predicted octanol–water partition coefficient (Wildman–Crippen LogP) is 3.21. The molecule has 4 heteroatoms. The summed E-state index contributed by atoms with van der Waals surface area (Å²) in [7, 11) is 0. The number of aromatic nitrogens is 2. The van der Waals surface area contributed by atoms with Crippen molar-refractivity contribution < 1.29 is 5.11 Å². The summed E-state index contributed by atoms with van der Waals surface area (Å²) in [6, 6.07) is 6.50. The van der Waals surface area contributed by atoms with Crippen molar-refractivity contribution in [1.29, 1.82) is 0 Å². The predicted molar refractivity (Wildman–Crippen MR) is 78.8 cm³/mol. The van der Waals surface area contributed by atoms with Crippen molar-refractivity contribution in [2.45, 2.75) is 20.3 Å². The summed E-state index contributed by atoms with van der Waals surface area (Å²) in [5.41, 5.74) is 4.93. The third-order valence-corrected chi connectivity index (χ3v) is 4.57. The molecule has 0 aliphatic rings. The van der Waals surface area contributed by atoms with Gasteiger partial charge < -0.3 is 5.11 Å². The first-order valence-electron chi connectivity index (χ1n) is 6.34. The van der Waals surface area contributed by atoms with Gasteiger partial charge in [-0.25, -0.2) is 4.98 Å². The zero-order valence-electron chi connectivity index (χ0n) is 11.1. The van der Waals surface area contributed by atoms with Crippen LogP contribution in [-0.2, 0) is 6.42 Å². The molecule has 3 nitrogen and oxygen atoms in total. The lowest BCUT2D eigenvalue weighted by Crippen LogP contribution is -1.94. The first kappa shape index (κ1) is 12.4. The van der Waals surface area contributed by atoms with Gasteiger partial charge in [-0.1, -0.05) is 12.1 Å². The van der Waals surface area contributed by atoms with Gasteiger partial charge in [0.05, 0.1) is 5.69 Å². The lowest BCUT2D eigenvalue weighted by molar-refractivity contribution is 0.300. The van der Waals surface area contributed by atoms with Crippen LogP contribution in [0.25, 0.3) is 16.2 Å². The molecule has 0 bridgehead atoms. The van der Waals surface area contributed by atoms with Crippen molar-refractivity contribution in [1.82, 2.24) is 9.38 Å². The summed E-state index contributed by atoms with van der Waals surface area (Å²) in [4.78, 5) is 6.52. The van der Waals surface area contributed by atoms with Crippen molar-refractivity contribution in [3.8, 4) is 11.3 Å². The van der Waals surface area contributed by atoms with E-state index >= 15 is 0 Å². The minimum atomic E-state index is 0.168. The minimum Gasteiger partial charge on any atom is -0.396 e. The van der Waals surface area contributed by atoms with Crippen molar-refractivity contribution in [3.05, 3.63) is 46.6 Å². The Morgan fingerprint density at radius 3 is 2.84 bits per heavy atom. The van der Waals surface area contributed by atoms with Gasteiger partial charge in [0.1, 0.15) is 0 Å². The molecule has 1 aromatic carbocycles. The summed E-state index contributed by atoms with van der Waals surface area (Å²) in [6.45, 7) is 4.41. The molecular formula is C15H16N2OS. The second-order valence-electron chi connectivity index (χ2n) is 4.73. The number of hydrogen-bond acceptors (Lipinski definition) is 3. The van der Waals surface area contributed by atoms with Crippen molar-refractivity contribution in [3.63, 3.8) is 0 Å². The van der Waals surface area contributed by atoms with Crippen molar-refractivity contribution >= 4 is 16.3 Å². The number of hydrogen-bond donors (Lipinski definition) is 1. The summed E-state index contributed by atoms with van der Waals surface area (Å²) in [6.07, 6.45) is 4.48. The summed E-state index contributed by atoms with van der Waals surface area (Å²) in [5.74, 6) is 0. The minimum absolute atomic E-state index is 0.168. The fourth-order valence-electron chi connectivity index (χ4n) is 2.29. The Labute approximate surface area is 116 Å².